The molecule has 31 heavy (non-hydrogen) atoms. The molecule has 0 aliphatic carbocycles. The third-order valence-electron chi connectivity index (χ3n) is 5.28. The number of hydrogen-bond donors (Lipinski definition) is 2. The Hall–Kier alpha value is -3.38. The van der Waals surface area contributed by atoms with Crippen LogP contribution in [0.2, 0.25) is 0 Å². The van der Waals surface area contributed by atoms with Gasteiger partial charge in [-0.15, -0.1) is 0 Å². The largest absolute Gasteiger partial charge is 0.507 e. The summed E-state index contributed by atoms with van der Waals surface area (Å²) in [6.07, 6.45) is 1.66. The standard InChI is InChI=1S/C25H28N2O4/c1-5-16-31-20-12-10-18(11-13-20)22-21(23(28)19-8-6-17(2)7-9-19)24(29)25(30)27(22)15-14-26(3)4/h5-13,22,28H,1,14-16H2,2-4H3/p+1/t22-/m1/s1. The molecule has 2 aromatic rings. The van der Waals surface area contributed by atoms with Gasteiger partial charge in [-0.05, 0) is 24.6 Å². The molecule has 162 valence electrons. The highest BCUT2D eigenvalue weighted by atomic mass is 16.5. The number of ether oxygens (including phenoxy) is 1. The molecule has 1 aliphatic rings. The normalized spacial score (nSPS) is 17.9. The number of aryl methyl sites for hydroxylation is 1. The first-order valence-corrected chi connectivity index (χ1v) is 10.3. The summed E-state index contributed by atoms with van der Waals surface area (Å²) in [6, 6.07) is 13.8. The number of likely N-dealkylation sites (N-methyl/N-ethyl adjacent to an activating group) is 1. The Bertz CT molecular complexity index is 991. The van der Waals surface area contributed by atoms with Gasteiger partial charge in [-0.2, -0.15) is 0 Å². The van der Waals surface area contributed by atoms with Crippen molar-refractivity contribution in [1.82, 2.24) is 4.90 Å². The van der Waals surface area contributed by atoms with Crippen LogP contribution in [0.25, 0.3) is 5.76 Å². The Morgan fingerprint density at radius 2 is 1.77 bits per heavy atom. The van der Waals surface area contributed by atoms with Gasteiger partial charge in [0.05, 0.1) is 38.8 Å². The van der Waals surface area contributed by atoms with Crippen LogP contribution in [0.3, 0.4) is 0 Å². The maximum Gasteiger partial charge on any atom is 0.295 e. The van der Waals surface area contributed by atoms with Crippen molar-refractivity contribution in [3.63, 3.8) is 0 Å². The molecule has 1 aliphatic heterocycles. The summed E-state index contributed by atoms with van der Waals surface area (Å²) < 4.78 is 5.55. The van der Waals surface area contributed by atoms with E-state index >= 15 is 0 Å². The summed E-state index contributed by atoms with van der Waals surface area (Å²) in [6.45, 7) is 7.05. The van der Waals surface area contributed by atoms with Gasteiger partial charge in [0.15, 0.2) is 0 Å². The van der Waals surface area contributed by atoms with Crippen LogP contribution in [-0.2, 0) is 9.59 Å². The predicted octanol–water partition coefficient (Wildman–Crippen LogP) is 2.13. The Kier molecular flexibility index (Phi) is 6.92. The van der Waals surface area contributed by atoms with Crippen molar-refractivity contribution in [2.45, 2.75) is 13.0 Å². The second kappa shape index (κ2) is 9.62. The zero-order valence-electron chi connectivity index (χ0n) is 18.2. The molecule has 0 unspecified atom stereocenters. The molecular formula is C25H29N2O4+. The number of carbonyl (C=O) groups is 2. The average Bonchev–Trinajstić information content (AvgIpc) is 3.01. The van der Waals surface area contributed by atoms with E-state index in [0.717, 1.165) is 16.0 Å². The molecule has 0 spiro atoms. The van der Waals surface area contributed by atoms with Gasteiger partial charge >= 0.3 is 0 Å². The van der Waals surface area contributed by atoms with Crippen molar-refractivity contribution in [3.8, 4) is 5.75 Å². The van der Waals surface area contributed by atoms with Gasteiger partial charge in [0.2, 0.25) is 0 Å². The fourth-order valence-corrected chi connectivity index (χ4v) is 3.57. The lowest BCUT2D eigenvalue weighted by molar-refractivity contribution is -0.857. The molecule has 6 heteroatoms. The number of benzene rings is 2. The summed E-state index contributed by atoms with van der Waals surface area (Å²) in [7, 11) is 3.98. The lowest BCUT2D eigenvalue weighted by Crippen LogP contribution is -3.06. The summed E-state index contributed by atoms with van der Waals surface area (Å²) in [5, 5.41) is 11.0. The SMILES string of the molecule is C=CCOc1ccc([C@@H]2C(=C(O)c3ccc(C)cc3)C(=O)C(=O)N2CC[NH+](C)C)cc1. The molecule has 0 bridgehead atoms. The number of aliphatic hydroxyl groups excluding tert-OH is 1. The monoisotopic (exact) mass is 421 g/mol. The Balaban J connectivity index is 2.07. The maximum absolute atomic E-state index is 13.0. The van der Waals surface area contributed by atoms with E-state index < -0.39 is 17.7 Å². The first-order chi connectivity index (χ1) is 14.8. The fraction of sp³-hybridized carbons (Fsp3) is 0.280. The van der Waals surface area contributed by atoms with Gasteiger partial charge in [0.25, 0.3) is 11.7 Å². The minimum Gasteiger partial charge on any atom is -0.507 e. The number of nitrogens with zero attached hydrogens (tertiary/aromatic N) is 1. The summed E-state index contributed by atoms with van der Waals surface area (Å²) >= 11 is 0. The molecule has 1 saturated heterocycles. The Morgan fingerprint density at radius 3 is 2.35 bits per heavy atom. The van der Waals surface area contributed by atoms with E-state index in [0.29, 0.717) is 31.0 Å². The molecule has 2 N–H and O–H groups in total. The van der Waals surface area contributed by atoms with E-state index in [1.807, 2.05) is 45.3 Å². The van der Waals surface area contributed by atoms with Crippen LogP contribution >= 0.6 is 0 Å². The molecule has 3 rings (SSSR count). The number of aliphatic hydroxyl groups is 1. The number of ketones is 1. The highest BCUT2D eigenvalue weighted by Crippen LogP contribution is 2.39. The molecule has 0 aromatic heterocycles. The molecule has 6 nitrogen and oxygen atoms in total. The fourth-order valence-electron chi connectivity index (χ4n) is 3.57. The second-order valence-corrected chi connectivity index (χ2v) is 7.98. The minimum absolute atomic E-state index is 0.113. The first kappa shape index (κ1) is 22.3. The van der Waals surface area contributed by atoms with Gasteiger partial charge in [0, 0.05) is 5.56 Å². The molecule has 0 saturated carbocycles. The molecule has 1 heterocycles. The van der Waals surface area contributed by atoms with Crippen molar-refractivity contribution >= 4 is 17.4 Å². The van der Waals surface area contributed by atoms with E-state index in [1.165, 1.54) is 0 Å². The van der Waals surface area contributed by atoms with E-state index in [4.69, 9.17) is 4.74 Å². The van der Waals surface area contributed by atoms with Gasteiger partial charge < -0.3 is 19.6 Å². The minimum atomic E-state index is -0.663. The van der Waals surface area contributed by atoms with Gasteiger partial charge in [0.1, 0.15) is 18.1 Å². The van der Waals surface area contributed by atoms with Crippen molar-refractivity contribution in [1.29, 1.82) is 0 Å². The zero-order chi connectivity index (χ0) is 22.5. The van der Waals surface area contributed by atoms with Gasteiger partial charge in [-0.3, -0.25) is 9.59 Å². The first-order valence-electron chi connectivity index (χ1n) is 10.3. The van der Waals surface area contributed by atoms with Crippen LogP contribution in [0.5, 0.6) is 5.75 Å². The van der Waals surface area contributed by atoms with E-state index in [1.54, 1.807) is 35.2 Å². The second-order valence-electron chi connectivity index (χ2n) is 7.98. The maximum atomic E-state index is 13.0. The Morgan fingerprint density at radius 1 is 1.13 bits per heavy atom. The van der Waals surface area contributed by atoms with E-state index in [2.05, 4.69) is 6.58 Å². The molecule has 0 radical (unpaired) electrons. The van der Waals surface area contributed by atoms with Gasteiger partial charge in [-0.1, -0.05) is 54.6 Å². The highest BCUT2D eigenvalue weighted by molar-refractivity contribution is 6.46. The number of likely N-dealkylation sites (tertiary alicyclic amines) is 1. The predicted molar refractivity (Wildman–Crippen MR) is 120 cm³/mol. The highest BCUT2D eigenvalue weighted by Gasteiger charge is 2.46. The number of quaternary nitrogens is 1. The lowest BCUT2D eigenvalue weighted by atomic mass is 9.95. The zero-order valence-corrected chi connectivity index (χ0v) is 18.2. The number of Topliss-reactive ketones (excluding diaryl/α,β-unsaturated/α-hetero) is 1. The van der Waals surface area contributed by atoms with E-state index in [9.17, 15) is 14.7 Å². The van der Waals surface area contributed by atoms with Crippen LogP contribution in [0.1, 0.15) is 22.7 Å². The molecule has 1 amide bonds. The number of hydrogen-bond acceptors (Lipinski definition) is 4. The van der Waals surface area contributed by atoms with Crippen LogP contribution in [0.15, 0.2) is 66.8 Å². The van der Waals surface area contributed by atoms with Crippen molar-refractivity contribution in [2.24, 2.45) is 0 Å². The van der Waals surface area contributed by atoms with Crippen LogP contribution in [-0.4, -0.2) is 55.5 Å². The molecular weight excluding hydrogens is 392 g/mol. The lowest BCUT2D eigenvalue weighted by Gasteiger charge is -2.25. The number of carbonyl (C=O) groups excluding carboxylic acids is 2. The number of rotatable bonds is 8. The summed E-state index contributed by atoms with van der Waals surface area (Å²) in [5.74, 6) is -0.748. The van der Waals surface area contributed by atoms with Crippen LogP contribution in [0.4, 0.5) is 0 Å². The van der Waals surface area contributed by atoms with E-state index in [-0.39, 0.29) is 11.3 Å². The molecule has 1 atom stereocenters. The van der Waals surface area contributed by atoms with Crippen molar-refractivity contribution in [3.05, 3.63) is 83.4 Å². The number of amides is 1. The summed E-state index contributed by atoms with van der Waals surface area (Å²) in [5.41, 5.74) is 2.41. The smallest absolute Gasteiger partial charge is 0.295 e. The van der Waals surface area contributed by atoms with Crippen LogP contribution in [0, 0.1) is 6.92 Å². The third kappa shape index (κ3) is 4.86. The topological polar surface area (TPSA) is 71.3 Å². The number of nitrogens with one attached hydrogen (secondary N) is 1. The van der Waals surface area contributed by atoms with Crippen LogP contribution < -0.4 is 9.64 Å². The Labute approximate surface area is 183 Å². The summed E-state index contributed by atoms with van der Waals surface area (Å²) in [4.78, 5) is 28.6. The third-order valence-corrected chi connectivity index (χ3v) is 5.28. The quantitative estimate of drug-likeness (QED) is 0.297. The average molecular weight is 422 g/mol. The van der Waals surface area contributed by atoms with Gasteiger partial charge in [-0.25, -0.2) is 0 Å². The van der Waals surface area contributed by atoms with Crippen molar-refractivity contribution < 1.29 is 24.3 Å². The van der Waals surface area contributed by atoms with Crippen molar-refractivity contribution in [2.75, 3.05) is 33.8 Å². The molecule has 1 fully saturated rings. The molecule has 2 aromatic carbocycles.